The molecule has 138 valence electrons. The van der Waals surface area contributed by atoms with Crippen molar-refractivity contribution in [2.24, 2.45) is 0 Å². The zero-order chi connectivity index (χ0) is 18.6. The molecule has 2 amide bonds. The van der Waals surface area contributed by atoms with Gasteiger partial charge in [0.2, 0.25) is 11.7 Å². The molecule has 8 heteroatoms. The number of likely N-dealkylation sites (tertiary alicyclic amines) is 1. The maximum Gasteiger partial charge on any atom is 0.321 e. The van der Waals surface area contributed by atoms with Crippen molar-refractivity contribution in [3.05, 3.63) is 60.5 Å². The molecular formula is C19H18FN5O2. The minimum absolute atomic E-state index is 0.0244. The van der Waals surface area contributed by atoms with Crippen LogP contribution in [0.15, 0.2) is 53.3 Å². The third-order valence-electron chi connectivity index (χ3n) is 4.53. The molecule has 3 heterocycles. The fourth-order valence-electron chi connectivity index (χ4n) is 3.12. The number of carbonyl (C=O) groups excluding carboxylic acids is 1. The predicted octanol–water partition coefficient (Wildman–Crippen LogP) is 3.68. The largest absolute Gasteiger partial charge is 0.339 e. The van der Waals surface area contributed by atoms with Gasteiger partial charge in [-0.3, -0.25) is 4.98 Å². The van der Waals surface area contributed by atoms with E-state index >= 15 is 0 Å². The normalized spacial score (nSPS) is 16.9. The third-order valence-corrected chi connectivity index (χ3v) is 4.53. The van der Waals surface area contributed by atoms with E-state index in [1.54, 1.807) is 41.6 Å². The van der Waals surface area contributed by atoms with Gasteiger partial charge in [-0.05, 0) is 49.2 Å². The van der Waals surface area contributed by atoms with Crippen LogP contribution in [0.3, 0.4) is 0 Å². The Morgan fingerprint density at radius 1 is 1.19 bits per heavy atom. The van der Waals surface area contributed by atoms with Gasteiger partial charge in [-0.25, -0.2) is 9.18 Å². The topological polar surface area (TPSA) is 84.2 Å². The second-order valence-corrected chi connectivity index (χ2v) is 6.41. The van der Waals surface area contributed by atoms with Gasteiger partial charge in [-0.1, -0.05) is 5.16 Å². The maximum atomic E-state index is 13.1. The lowest BCUT2D eigenvalue weighted by Crippen LogP contribution is -2.41. The number of anilines is 1. The molecule has 1 saturated heterocycles. The number of pyridine rings is 1. The number of benzene rings is 1. The van der Waals surface area contributed by atoms with Gasteiger partial charge in [-0.15, -0.1) is 0 Å². The molecule has 0 spiro atoms. The average Bonchev–Trinajstić information content (AvgIpc) is 3.20. The first-order chi connectivity index (χ1) is 13.2. The van der Waals surface area contributed by atoms with Gasteiger partial charge >= 0.3 is 6.03 Å². The number of nitrogens with zero attached hydrogens (tertiary/aromatic N) is 4. The van der Waals surface area contributed by atoms with Crippen molar-refractivity contribution in [2.75, 3.05) is 18.4 Å². The molecule has 7 nitrogen and oxygen atoms in total. The number of carbonyl (C=O) groups is 1. The van der Waals surface area contributed by atoms with Gasteiger partial charge in [0.1, 0.15) is 5.82 Å². The van der Waals surface area contributed by atoms with E-state index in [0.717, 1.165) is 12.8 Å². The van der Waals surface area contributed by atoms with Crippen LogP contribution in [0.25, 0.3) is 11.4 Å². The molecule has 0 bridgehead atoms. The highest BCUT2D eigenvalue weighted by atomic mass is 19.1. The van der Waals surface area contributed by atoms with Crippen LogP contribution in [-0.4, -0.2) is 39.1 Å². The number of hydrogen-bond donors (Lipinski definition) is 1. The van der Waals surface area contributed by atoms with E-state index in [2.05, 4.69) is 20.4 Å². The van der Waals surface area contributed by atoms with Crippen molar-refractivity contribution < 1.29 is 13.7 Å². The van der Waals surface area contributed by atoms with E-state index in [0.29, 0.717) is 36.1 Å². The van der Waals surface area contributed by atoms with Gasteiger partial charge in [-0.2, -0.15) is 4.98 Å². The Kier molecular flexibility index (Phi) is 4.78. The molecular weight excluding hydrogens is 349 g/mol. The molecule has 1 fully saturated rings. The number of halogens is 1. The Balaban J connectivity index is 1.44. The molecule has 27 heavy (non-hydrogen) atoms. The van der Waals surface area contributed by atoms with E-state index in [1.807, 2.05) is 0 Å². The van der Waals surface area contributed by atoms with Crippen LogP contribution < -0.4 is 5.32 Å². The summed E-state index contributed by atoms with van der Waals surface area (Å²) in [4.78, 5) is 22.6. The summed E-state index contributed by atoms with van der Waals surface area (Å²) in [5, 5.41) is 6.86. The maximum absolute atomic E-state index is 13.1. The number of aromatic nitrogens is 3. The lowest BCUT2D eigenvalue weighted by atomic mass is 9.98. The van der Waals surface area contributed by atoms with Crippen LogP contribution in [0, 0.1) is 5.82 Å². The van der Waals surface area contributed by atoms with Crippen molar-refractivity contribution in [1.29, 1.82) is 0 Å². The molecule has 1 aliphatic heterocycles. The first-order valence-corrected chi connectivity index (χ1v) is 8.74. The van der Waals surface area contributed by atoms with E-state index < -0.39 is 0 Å². The molecule has 2 aromatic heterocycles. The summed E-state index contributed by atoms with van der Waals surface area (Å²) < 4.78 is 18.5. The Labute approximate surface area is 155 Å². The van der Waals surface area contributed by atoms with Crippen LogP contribution in [0.2, 0.25) is 0 Å². The average molecular weight is 367 g/mol. The smallest absolute Gasteiger partial charge is 0.321 e. The van der Waals surface area contributed by atoms with E-state index in [1.165, 1.54) is 12.1 Å². The fraction of sp³-hybridized carbons (Fsp3) is 0.263. The minimum Gasteiger partial charge on any atom is -0.339 e. The van der Waals surface area contributed by atoms with Crippen LogP contribution in [0.1, 0.15) is 24.7 Å². The third kappa shape index (κ3) is 3.94. The number of hydrogen-bond acceptors (Lipinski definition) is 5. The van der Waals surface area contributed by atoms with Crippen molar-refractivity contribution in [3.63, 3.8) is 0 Å². The van der Waals surface area contributed by atoms with Crippen molar-refractivity contribution in [3.8, 4) is 11.4 Å². The van der Waals surface area contributed by atoms with E-state index in [-0.39, 0.29) is 17.8 Å². The molecule has 0 unspecified atom stereocenters. The summed E-state index contributed by atoms with van der Waals surface area (Å²) in [6.45, 7) is 1.17. The predicted molar refractivity (Wildman–Crippen MR) is 96.5 cm³/mol. The summed E-state index contributed by atoms with van der Waals surface area (Å²) in [5.74, 6) is 0.577. The molecule has 1 aliphatic rings. The highest BCUT2D eigenvalue weighted by Gasteiger charge is 2.28. The lowest BCUT2D eigenvalue weighted by Gasteiger charge is -2.31. The lowest BCUT2D eigenvalue weighted by molar-refractivity contribution is 0.184. The van der Waals surface area contributed by atoms with Gasteiger partial charge in [0, 0.05) is 36.7 Å². The molecule has 0 radical (unpaired) electrons. The number of nitrogens with one attached hydrogen (secondary N) is 1. The van der Waals surface area contributed by atoms with Gasteiger partial charge < -0.3 is 14.7 Å². The number of amides is 2. The Morgan fingerprint density at radius 3 is 2.74 bits per heavy atom. The standard InChI is InChI=1S/C19H18FN5O2/c20-15-5-3-13(4-6-15)17-23-18(27-24-17)14-2-1-11-25(12-14)19(26)22-16-7-9-21-10-8-16/h3-10,14H,1-2,11-12H2,(H,21,22,26)/t14-/m0/s1. The molecule has 4 rings (SSSR count). The molecule has 1 N–H and O–H groups in total. The Morgan fingerprint density at radius 2 is 1.96 bits per heavy atom. The Hall–Kier alpha value is -3.29. The minimum atomic E-state index is -0.314. The van der Waals surface area contributed by atoms with Crippen LogP contribution in [0.5, 0.6) is 0 Å². The quantitative estimate of drug-likeness (QED) is 0.763. The van der Waals surface area contributed by atoms with Gasteiger partial charge in [0.25, 0.3) is 0 Å². The highest BCUT2D eigenvalue weighted by molar-refractivity contribution is 5.89. The monoisotopic (exact) mass is 367 g/mol. The number of piperidine rings is 1. The van der Waals surface area contributed by atoms with Crippen molar-refractivity contribution in [2.45, 2.75) is 18.8 Å². The first-order valence-electron chi connectivity index (χ1n) is 8.74. The zero-order valence-corrected chi connectivity index (χ0v) is 14.5. The van der Waals surface area contributed by atoms with Crippen LogP contribution >= 0.6 is 0 Å². The molecule has 0 saturated carbocycles. The summed E-state index contributed by atoms with van der Waals surface area (Å²) in [5.41, 5.74) is 1.39. The summed E-state index contributed by atoms with van der Waals surface area (Å²) >= 11 is 0. The second-order valence-electron chi connectivity index (χ2n) is 6.41. The van der Waals surface area contributed by atoms with Crippen molar-refractivity contribution >= 4 is 11.7 Å². The first kappa shape index (κ1) is 17.1. The molecule has 1 aromatic carbocycles. The zero-order valence-electron chi connectivity index (χ0n) is 14.5. The van der Waals surface area contributed by atoms with Crippen molar-refractivity contribution in [1.82, 2.24) is 20.0 Å². The molecule has 1 atom stereocenters. The van der Waals surface area contributed by atoms with Crippen LogP contribution in [-0.2, 0) is 0 Å². The van der Waals surface area contributed by atoms with Crippen LogP contribution in [0.4, 0.5) is 14.9 Å². The molecule has 3 aromatic rings. The highest BCUT2D eigenvalue weighted by Crippen LogP contribution is 2.28. The Bertz CT molecular complexity index is 913. The molecule has 0 aliphatic carbocycles. The second kappa shape index (κ2) is 7.53. The fourth-order valence-corrected chi connectivity index (χ4v) is 3.12. The number of urea groups is 1. The SMILES string of the molecule is O=C(Nc1ccncc1)N1CCC[C@H](c2nc(-c3ccc(F)cc3)no2)C1. The van der Waals surface area contributed by atoms with E-state index in [4.69, 9.17) is 4.52 Å². The summed E-state index contributed by atoms with van der Waals surface area (Å²) in [6.07, 6.45) is 4.97. The number of rotatable bonds is 3. The van der Waals surface area contributed by atoms with Gasteiger partial charge in [0.05, 0.1) is 5.92 Å². The van der Waals surface area contributed by atoms with E-state index in [9.17, 15) is 9.18 Å². The van der Waals surface area contributed by atoms with Gasteiger partial charge in [0.15, 0.2) is 0 Å². The summed E-state index contributed by atoms with van der Waals surface area (Å²) in [7, 11) is 0. The summed E-state index contributed by atoms with van der Waals surface area (Å²) in [6, 6.07) is 9.26.